The van der Waals surface area contributed by atoms with E-state index in [9.17, 15) is 14.7 Å². The van der Waals surface area contributed by atoms with Gasteiger partial charge in [0.25, 0.3) is 5.91 Å². The molecule has 0 saturated carbocycles. The number of anilines is 2. The number of nitrogens with zero attached hydrogens (tertiary/aromatic N) is 2. The number of aromatic hydroxyl groups is 1. The van der Waals surface area contributed by atoms with Crippen LogP contribution in [0.25, 0.3) is 0 Å². The van der Waals surface area contributed by atoms with Crippen LogP contribution in [0.4, 0.5) is 11.4 Å². The second kappa shape index (κ2) is 7.16. The second-order valence-electron chi connectivity index (χ2n) is 7.21. The van der Waals surface area contributed by atoms with Crippen molar-refractivity contribution in [3.63, 3.8) is 0 Å². The molecule has 0 aromatic heterocycles. The van der Waals surface area contributed by atoms with Crippen LogP contribution in [-0.4, -0.2) is 23.0 Å². The van der Waals surface area contributed by atoms with E-state index in [4.69, 9.17) is 16.4 Å². The maximum absolute atomic E-state index is 13.5. The third-order valence-corrected chi connectivity index (χ3v) is 5.68. The maximum Gasteiger partial charge on any atom is 0.266 e. The molecule has 1 N–H and O–H groups in total. The number of halogens is 1. The zero-order valence-corrected chi connectivity index (χ0v) is 16.4. The smallest absolute Gasteiger partial charge is 0.266 e. The molecule has 0 radical (unpaired) electrons. The van der Waals surface area contributed by atoms with Crippen LogP contribution in [0.1, 0.15) is 11.6 Å². The van der Waals surface area contributed by atoms with Crippen molar-refractivity contribution >= 4 is 34.8 Å². The van der Waals surface area contributed by atoms with Crippen molar-refractivity contribution in [3.05, 3.63) is 89.4 Å². The lowest BCUT2D eigenvalue weighted by atomic mass is 9.90. The molecule has 150 valence electrons. The van der Waals surface area contributed by atoms with Crippen LogP contribution in [0.3, 0.4) is 0 Å². The molecule has 3 aromatic rings. The SMILES string of the molecule is O=C1[C@H]2[C@@H](c3ccccc3O)N(c3ccccc3)O[C@H]2C(=O)N1c1cccc(Cl)c1. The Balaban J connectivity index is 1.61. The van der Waals surface area contributed by atoms with E-state index in [2.05, 4.69) is 0 Å². The van der Waals surface area contributed by atoms with E-state index in [1.807, 2.05) is 30.3 Å². The fraction of sp³-hybridized carbons (Fsp3) is 0.130. The number of hydrogen-bond acceptors (Lipinski definition) is 5. The molecule has 5 rings (SSSR count). The molecule has 3 atom stereocenters. The van der Waals surface area contributed by atoms with Crippen molar-refractivity contribution in [2.45, 2.75) is 12.1 Å². The van der Waals surface area contributed by atoms with Crippen LogP contribution in [0.15, 0.2) is 78.9 Å². The van der Waals surface area contributed by atoms with Gasteiger partial charge in [-0.3, -0.25) is 14.4 Å². The van der Waals surface area contributed by atoms with Crippen LogP contribution < -0.4 is 9.96 Å². The topological polar surface area (TPSA) is 70.1 Å². The Hall–Kier alpha value is -3.35. The summed E-state index contributed by atoms with van der Waals surface area (Å²) in [7, 11) is 0. The van der Waals surface area contributed by atoms with Crippen LogP contribution >= 0.6 is 11.6 Å². The quantitative estimate of drug-likeness (QED) is 0.646. The van der Waals surface area contributed by atoms with Crippen molar-refractivity contribution in [1.29, 1.82) is 0 Å². The first-order valence-electron chi connectivity index (χ1n) is 9.48. The largest absolute Gasteiger partial charge is 0.508 e. The molecule has 2 aliphatic heterocycles. The first-order valence-corrected chi connectivity index (χ1v) is 9.86. The highest BCUT2D eigenvalue weighted by molar-refractivity contribution is 6.31. The number of carbonyl (C=O) groups excluding carboxylic acids is 2. The lowest BCUT2D eigenvalue weighted by molar-refractivity contribution is -0.126. The zero-order chi connectivity index (χ0) is 20.8. The molecular weight excluding hydrogens is 404 g/mol. The Bertz CT molecular complexity index is 1140. The molecule has 0 bridgehead atoms. The zero-order valence-electron chi connectivity index (χ0n) is 15.7. The summed E-state index contributed by atoms with van der Waals surface area (Å²) in [5.41, 5.74) is 1.61. The van der Waals surface area contributed by atoms with E-state index in [1.165, 1.54) is 0 Å². The second-order valence-corrected chi connectivity index (χ2v) is 7.64. The predicted molar refractivity (Wildman–Crippen MR) is 112 cm³/mol. The predicted octanol–water partition coefficient (Wildman–Crippen LogP) is 4.10. The van der Waals surface area contributed by atoms with E-state index in [0.29, 0.717) is 22.0 Å². The van der Waals surface area contributed by atoms with E-state index in [0.717, 1.165) is 4.90 Å². The minimum atomic E-state index is -0.999. The van der Waals surface area contributed by atoms with Crippen LogP contribution in [0, 0.1) is 5.92 Å². The number of carbonyl (C=O) groups is 2. The number of imide groups is 1. The van der Waals surface area contributed by atoms with Crippen molar-refractivity contribution in [3.8, 4) is 5.75 Å². The van der Waals surface area contributed by atoms with Gasteiger partial charge >= 0.3 is 0 Å². The first kappa shape index (κ1) is 18.7. The molecular formula is C23H17ClN2O4. The highest BCUT2D eigenvalue weighted by atomic mass is 35.5. The highest BCUT2D eigenvalue weighted by Crippen LogP contribution is 2.49. The molecule has 2 fully saturated rings. The lowest BCUT2D eigenvalue weighted by Crippen LogP contribution is -2.37. The Morgan fingerprint density at radius 3 is 2.27 bits per heavy atom. The van der Waals surface area contributed by atoms with Crippen molar-refractivity contribution in [1.82, 2.24) is 0 Å². The van der Waals surface area contributed by atoms with Gasteiger partial charge in [-0.05, 0) is 36.4 Å². The molecule has 2 aliphatic rings. The Labute approximate surface area is 177 Å². The summed E-state index contributed by atoms with van der Waals surface area (Å²) < 4.78 is 0. The number of amides is 2. The summed E-state index contributed by atoms with van der Waals surface area (Å²) in [5, 5.41) is 12.5. The highest BCUT2D eigenvalue weighted by Gasteiger charge is 2.60. The number of benzene rings is 3. The van der Waals surface area contributed by atoms with E-state index < -0.39 is 24.0 Å². The minimum absolute atomic E-state index is 0.0362. The molecule has 0 aliphatic carbocycles. The average molecular weight is 421 g/mol. The summed E-state index contributed by atoms with van der Waals surface area (Å²) in [6.45, 7) is 0. The molecule has 6 nitrogen and oxygen atoms in total. The third kappa shape index (κ3) is 2.84. The summed E-state index contributed by atoms with van der Waals surface area (Å²) >= 11 is 6.07. The molecule has 2 saturated heterocycles. The molecule has 2 amide bonds. The number of phenols is 1. The fourth-order valence-corrected chi connectivity index (χ4v) is 4.32. The number of hydrogen-bond donors (Lipinski definition) is 1. The number of para-hydroxylation sites is 2. The summed E-state index contributed by atoms with van der Waals surface area (Å²) in [5.74, 6) is -1.62. The van der Waals surface area contributed by atoms with Gasteiger partial charge in [-0.15, -0.1) is 0 Å². The van der Waals surface area contributed by atoms with Crippen LogP contribution in [0.5, 0.6) is 5.75 Å². The standard InChI is InChI=1S/C23H17ClN2O4/c24-14-7-6-10-16(13-14)25-22(28)19-20(17-11-4-5-12-18(17)27)26(30-21(19)23(25)29)15-8-2-1-3-9-15/h1-13,19-21,27H/t19-,20+,21+/m0/s1. The molecule has 7 heteroatoms. The Kier molecular flexibility index (Phi) is 4.46. The Morgan fingerprint density at radius 1 is 0.833 bits per heavy atom. The molecule has 3 aromatic carbocycles. The monoisotopic (exact) mass is 420 g/mol. The fourth-order valence-electron chi connectivity index (χ4n) is 4.14. The van der Waals surface area contributed by atoms with E-state index in [1.54, 1.807) is 53.6 Å². The summed E-state index contributed by atoms with van der Waals surface area (Å²) in [4.78, 5) is 33.8. The van der Waals surface area contributed by atoms with Gasteiger partial charge in [-0.1, -0.05) is 54.1 Å². The van der Waals surface area contributed by atoms with Crippen molar-refractivity contribution < 1.29 is 19.5 Å². The van der Waals surface area contributed by atoms with Crippen molar-refractivity contribution in [2.24, 2.45) is 5.92 Å². The summed E-state index contributed by atoms with van der Waals surface area (Å²) in [6.07, 6.45) is -0.999. The number of rotatable bonds is 3. The van der Waals surface area contributed by atoms with Gasteiger partial charge in [-0.25, -0.2) is 9.96 Å². The minimum Gasteiger partial charge on any atom is -0.508 e. The van der Waals surface area contributed by atoms with Crippen LogP contribution in [-0.2, 0) is 14.4 Å². The summed E-state index contributed by atoms with van der Waals surface area (Å²) in [6, 6.07) is 21.9. The Morgan fingerprint density at radius 2 is 1.53 bits per heavy atom. The van der Waals surface area contributed by atoms with Gasteiger partial charge in [0.05, 0.1) is 17.4 Å². The van der Waals surface area contributed by atoms with Gasteiger partial charge in [0.2, 0.25) is 5.91 Å². The normalized spacial score (nSPS) is 23.2. The first-order chi connectivity index (χ1) is 14.6. The van der Waals surface area contributed by atoms with Gasteiger partial charge in [-0.2, -0.15) is 0 Å². The number of hydroxylamine groups is 1. The van der Waals surface area contributed by atoms with E-state index in [-0.39, 0.29) is 11.7 Å². The maximum atomic E-state index is 13.5. The number of fused-ring (bicyclic) bond motifs is 1. The molecule has 2 heterocycles. The van der Waals surface area contributed by atoms with Crippen LogP contribution in [0.2, 0.25) is 5.02 Å². The lowest BCUT2D eigenvalue weighted by Gasteiger charge is -2.29. The molecule has 0 spiro atoms. The van der Waals surface area contributed by atoms with Gasteiger partial charge < -0.3 is 5.11 Å². The third-order valence-electron chi connectivity index (χ3n) is 5.45. The van der Waals surface area contributed by atoms with Gasteiger partial charge in [0.15, 0.2) is 6.10 Å². The average Bonchev–Trinajstić information content (AvgIpc) is 3.25. The van der Waals surface area contributed by atoms with Gasteiger partial charge in [0, 0.05) is 10.6 Å². The van der Waals surface area contributed by atoms with Crippen molar-refractivity contribution in [2.75, 3.05) is 9.96 Å². The molecule has 0 unspecified atom stereocenters. The van der Waals surface area contributed by atoms with E-state index >= 15 is 0 Å². The molecule has 30 heavy (non-hydrogen) atoms. The van der Waals surface area contributed by atoms with Gasteiger partial charge in [0.1, 0.15) is 11.7 Å². The number of phenolic OH excluding ortho intramolecular Hbond substituents is 1.